The molecule has 7 heteroatoms. The Hall–Kier alpha value is -2.57. The van der Waals surface area contributed by atoms with Crippen LogP contribution in [-0.2, 0) is 6.54 Å². The van der Waals surface area contributed by atoms with E-state index in [1.54, 1.807) is 12.4 Å². The number of aryl methyl sites for hydroxylation is 1. The molecule has 0 aliphatic carbocycles. The molecule has 0 radical (unpaired) electrons. The van der Waals surface area contributed by atoms with Crippen molar-refractivity contribution in [2.45, 2.75) is 13.0 Å². The first-order valence-corrected chi connectivity index (χ1v) is 6.13. The number of fused-ring (bicyclic) bond motifs is 1. The van der Waals surface area contributed by atoms with E-state index in [2.05, 4.69) is 25.8 Å². The van der Waals surface area contributed by atoms with Gasteiger partial charge in [0.25, 0.3) is 0 Å². The highest BCUT2D eigenvalue weighted by molar-refractivity contribution is 5.88. The molecule has 0 unspecified atom stereocenters. The van der Waals surface area contributed by atoms with E-state index in [-0.39, 0.29) is 0 Å². The van der Waals surface area contributed by atoms with Crippen molar-refractivity contribution in [3.8, 4) is 0 Å². The number of nitrogens with zero attached hydrogens (tertiary/aromatic N) is 4. The summed E-state index contributed by atoms with van der Waals surface area (Å²) in [6, 6.07) is 3.89. The molecule has 98 valence electrons. The lowest BCUT2D eigenvalue weighted by Crippen LogP contribution is -2.08. The molecule has 0 fully saturated rings. The molecule has 0 aliphatic rings. The molecule has 4 N–H and O–H groups in total. The van der Waals surface area contributed by atoms with Gasteiger partial charge in [-0.2, -0.15) is 5.10 Å². The van der Waals surface area contributed by atoms with Crippen LogP contribution in [0.15, 0.2) is 30.7 Å². The number of aromatic amines is 1. The Balaban J connectivity index is 1.60. The normalized spacial score (nSPS) is 10.9. The van der Waals surface area contributed by atoms with E-state index in [9.17, 15) is 0 Å². The van der Waals surface area contributed by atoms with E-state index in [0.717, 1.165) is 41.8 Å². The van der Waals surface area contributed by atoms with Crippen LogP contribution in [0.25, 0.3) is 10.9 Å². The number of nitrogens with two attached hydrogens (primary N) is 1. The minimum Gasteiger partial charge on any atom is -0.397 e. The molecule has 2 heterocycles. The first-order valence-electron chi connectivity index (χ1n) is 6.13. The summed E-state index contributed by atoms with van der Waals surface area (Å²) < 4.78 is 1.81. The molecular weight excluding hydrogens is 242 g/mol. The topological polar surface area (TPSA) is 97.4 Å². The van der Waals surface area contributed by atoms with Crippen molar-refractivity contribution < 1.29 is 0 Å². The van der Waals surface area contributed by atoms with Gasteiger partial charge in [0.15, 0.2) is 0 Å². The molecule has 0 saturated carbocycles. The Morgan fingerprint density at radius 1 is 1.37 bits per heavy atom. The first kappa shape index (κ1) is 11.5. The van der Waals surface area contributed by atoms with Gasteiger partial charge in [-0.05, 0) is 18.6 Å². The van der Waals surface area contributed by atoms with Gasteiger partial charge in [-0.1, -0.05) is 5.21 Å². The highest BCUT2D eigenvalue weighted by Gasteiger charge is 2.03. The fourth-order valence-electron chi connectivity index (χ4n) is 1.98. The van der Waals surface area contributed by atoms with Crippen LogP contribution in [0.2, 0.25) is 0 Å². The summed E-state index contributed by atoms with van der Waals surface area (Å²) in [7, 11) is 0. The summed E-state index contributed by atoms with van der Waals surface area (Å²) in [5.41, 5.74) is 8.63. The standard InChI is InChI=1S/C12H15N7/c13-10-6-9-8-16-17-11(9)7-12(10)14-2-1-4-19-5-3-15-18-19/h3,5-8,14H,1-2,4,13H2,(H,16,17). The van der Waals surface area contributed by atoms with Gasteiger partial charge in [-0.25, -0.2) is 0 Å². The second-order valence-corrected chi connectivity index (χ2v) is 4.34. The highest BCUT2D eigenvalue weighted by Crippen LogP contribution is 2.24. The molecule has 1 aromatic carbocycles. The third kappa shape index (κ3) is 2.49. The summed E-state index contributed by atoms with van der Waals surface area (Å²) in [5.74, 6) is 0. The van der Waals surface area contributed by atoms with Crippen molar-refractivity contribution in [1.82, 2.24) is 25.2 Å². The number of benzene rings is 1. The maximum absolute atomic E-state index is 5.99. The predicted octanol–water partition coefficient (Wildman–Crippen LogP) is 1.24. The van der Waals surface area contributed by atoms with E-state index in [1.165, 1.54) is 0 Å². The lowest BCUT2D eigenvalue weighted by molar-refractivity contribution is 0.570. The second kappa shape index (κ2) is 4.97. The van der Waals surface area contributed by atoms with Gasteiger partial charge < -0.3 is 11.1 Å². The summed E-state index contributed by atoms with van der Waals surface area (Å²) in [5, 5.41) is 18.9. The first-order chi connectivity index (χ1) is 9.33. The molecule has 0 spiro atoms. The van der Waals surface area contributed by atoms with Crippen molar-refractivity contribution in [2.24, 2.45) is 0 Å². The number of aromatic nitrogens is 5. The largest absolute Gasteiger partial charge is 0.397 e. The number of rotatable bonds is 5. The minimum absolute atomic E-state index is 0.731. The molecule has 0 bridgehead atoms. The SMILES string of the molecule is Nc1cc2cn[nH]c2cc1NCCCn1ccnn1. The van der Waals surface area contributed by atoms with Crippen LogP contribution in [0.5, 0.6) is 0 Å². The van der Waals surface area contributed by atoms with Gasteiger partial charge in [-0.3, -0.25) is 9.78 Å². The van der Waals surface area contributed by atoms with Gasteiger partial charge in [0.2, 0.25) is 0 Å². The summed E-state index contributed by atoms with van der Waals surface area (Å²) in [6.07, 6.45) is 6.24. The zero-order chi connectivity index (χ0) is 13.1. The van der Waals surface area contributed by atoms with E-state index < -0.39 is 0 Å². The van der Waals surface area contributed by atoms with Crippen LogP contribution < -0.4 is 11.1 Å². The van der Waals surface area contributed by atoms with E-state index in [1.807, 2.05) is 23.0 Å². The zero-order valence-corrected chi connectivity index (χ0v) is 10.4. The van der Waals surface area contributed by atoms with Crippen LogP contribution in [0.3, 0.4) is 0 Å². The van der Waals surface area contributed by atoms with Crippen LogP contribution in [0, 0.1) is 0 Å². The van der Waals surface area contributed by atoms with Crippen LogP contribution in [0.1, 0.15) is 6.42 Å². The summed E-state index contributed by atoms with van der Waals surface area (Å²) >= 11 is 0. The van der Waals surface area contributed by atoms with E-state index in [4.69, 9.17) is 5.73 Å². The van der Waals surface area contributed by atoms with E-state index in [0.29, 0.717) is 0 Å². The maximum Gasteiger partial charge on any atom is 0.0692 e. The van der Waals surface area contributed by atoms with Crippen LogP contribution in [0.4, 0.5) is 11.4 Å². The van der Waals surface area contributed by atoms with E-state index >= 15 is 0 Å². The fourth-order valence-corrected chi connectivity index (χ4v) is 1.98. The molecule has 7 nitrogen and oxygen atoms in total. The number of nitrogens with one attached hydrogen (secondary N) is 2. The lowest BCUT2D eigenvalue weighted by Gasteiger charge is -2.09. The smallest absolute Gasteiger partial charge is 0.0692 e. The average molecular weight is 257 g/mol. The number of H-pyrrole nitrogens is 1. The third-order valence-corrected chi connectivity index (χ3v) is 2.96. The Morgan fingerprint density at radius 2 is 2.32 bits per heavy atom. The van der Waals surface area contributed by atoms with Crippen molar-refractivity contribution in [3.63, 3.8) is 0 Å². The van der Waals surface area contributed by atoms with Crippen molar-refractivity contribution in [1.29, 1.82) is 0 Å². The minimum atomic E-state index is 0.731. The van der Waals surface area contributed by atoms with Crippen molar-refractivity contribution >= 4 is 22.3 Å². The number of hydrogen-bond donors (Lipinski definition) is 3. The molecule has 0 aliphatic heterocycles. The van der Waals surface area contributed by atoms with Gasteiger partial charge in [0.1, 0.15) is 0 Å². The Morgan fingerprint density at radius 3 is 3.16 bits per heavy atom. The fraction of sp³-hybridized carbons (Fsp3) is 0.250. The number of anilines is 2. The Kier molecular flexibility index (Phi) is 3.01. The zero-order valence-electron chi connectivity index (χ0n) is 10.4. The summed E-state index contributed by atoms with van der Waals surface area (Å²) in [6.45, 7) is 1.66. The number of nitrogen functional groups attached to an aromatic ring is 1. The third-order valence-electron chi connectivity index (χ3n) is 2.96. The monoisotopic (exact) mass is 257 g/mol. The average Bonchev–Trinajstić information content (AvgIpc) is 3.05. The Labute approximate surface area is 109 Å². The van der Waals surface area contributed by atoms with Gasteiger partial charge in [-0.15, -0.1) is 5.10 Å². The van der Waals surface area contributed by atoms with Gasteiger partial charge in [0, 0.05) is 24.7 Å². The van der Waals surface area contributed by atoms with Crippen LogP contribution in [-0.4, -0.2) is 31.7 Å². The molecule has 3 rings (SSSR count). The molecule has 0 saturated heterocycles. The van der Waals surface area contributed by atoms with Gasteiger partial charge in [0.05, 0.1) is 29.3 Å². The summed E-state index contributed by atoms with van der Waals surface area (Å²) in [4.78, 5) is 0. The lowest BCUT2D eigenvalue weighted by atomic mass is 10.2. The quantitative estimate of drug-likeness (QED) is 0.472. The molecule has 0 amide bonds. The Bertz CT molecular complexity index is 656. The molecule has 2 aromatic heterocycles. The van der Waals surface area contributed by atoms with Crippen molar-refractivity contribution in [3.05, 3.63) is 30.7 Å². The highest BCUT2D eigenvalue weighted by atomic mass is 15.4. The predicted molar refractivity (Wildman–Crippen MR) is 73.6 cm³/mol. The van der Waals surface area contributed by atoms with Crippen molar-refractivity contribution in [2.75, 3.05) is 17.6 Å². The molecule has 3 aromatic rings. The van der Waals surface area contributed by atoms with Gasteiger partial charge >= 0.3 is 0 Å². The maximum atomic E-state index is 5.99. The molecular formula is C12H15N7. The molecule has 19 heavy (non-hydrogen) atoms. The second-order valence-electron chi connectivity index (χ2n) is 4.34. The number of hydrogen-bond acceptors (Lipinski definition) is 5. The van der Waals surface area contributed by atoms with Crippen LogP contribution >= 0.6 is 0 Å². The molecule has 0 atom stereocenters.